The topological polar surface area (TPSA) is 48.3 Å². The van der Waals surface area contributed by atoms with Crippen LogP contribution in [0.4, 0.5) is 11.6 Å². The lowest BCUT2D eigenvalue weighted by Gasteiger charge is -2.11. The van der Waals surface area contributed by atoms with Gasteiger partial charge in [0.2, 0.25) is 5.95 Å². The maximum Gasteiger partial charge on any atom is 0.207 e. The molecule has 5 heteroatoms. The van der Waals surface area contributed by atoms with Gasteiger partial charge >= 0.3 is 0 Å². The molecule has 0 aliphatic heterocycles. The molecule has 2 aromatic rings. The maximum absolute atomic E-state index is 5.36. The Kier molecular flexibility index (Phi) is 5.63. The molecular formula is C16H23N3O2. The van der Waals surface area contributed by atoms with Gasteiger partial charge in [-0.2, -0.15) is 0 Å². The van der Waals surface area contributed by atoms with E-state index in [0.717, 1.165) is 49.1 Å². The first-order valence-corrected chi connectivity index (χ1v) is 7.25. The van der Waals surface area contributed by atoms with E-state index in [2.05, 4.69) is 20.9 Å². The van der Waals surface area contributed by atoms with Crippen LogP contribution in [-0.2, 0) is 11.3 Å². The summed E-state index contributed by atoms with van der Waals surface area (Å²) in [6, 6.07) is 6.00. The van der Waals surface area contributed by atoms with Crippen LogP contribution >= 0.6 is 0 Å². The van der Waals surface area contributed by atoms with E-state index in [1.165, 1.54) is 0 Å². The molecule has 114 valence electrons. The van der Waals surface area contributed by atoms with Crippen molar-refractivity contribution in [2.45, 2.75) is 26.8 Å². The van der Waals surface area contributed by atoms with Gasteiger partial charge in [-0.05, 0) is 44.0 Å². The highest BCUT2D eigenvalue weighted by atomic mass is 16.5. The van der Waals surface area contributed by atoms with Crippen LogP contribution in [0.5, 0.6) is 5.75 Å². The molecule has 0 saturated heterocycles. The summed E-state index contributed by atoms with van der Waals surface area (Å²) in [6.45, 7) is 6.46. The number of nitrogens with zero attached hydrogens (tertiary/aromatic N) is 2. The minimum Gasteiger partial charge on any atom is -0.496 e. The molecule has 0 amide bonds. The molecule has 0 fully saturated rings. The van der Waals surface area contributed by atoms with Gasteiger partial charge in [-0.1, -0.05) is 0 Å². The molecule has 0 bridgehead atoms. The van der Waals surface area contributed by atoms with Crippen molar-refractivity contribution in [3.63, 3.8) is 0 Å². The van der Waals surface area contributed by atoms with Gasteiger partial charge in [0, 0.05) is 37.8 Å². The predicted molar refractivity (Wildman–Crippen MR) is 84.4 cm³/mol. The lowest BCUT2D eigenvalue weighted by molar-refractivity contribution is 0.142. The highest BCUT2D eigenvalue weighted by molar-refractivity contribution is 5.57. The molecule has 2 rings (SSSR count). The maximum atomic E-state index is 5.36. The minimum absolute atomic E-state index is 0.764. The second kappa shape index (κ2) is 7.69. The molecule has 0 radical (unpaired) electrons. The number of aryl methyl sites for hydroxylation is 2. The van der Waals surface area contributed by atoms with E-state index in [4.69, 9.17) is 9.47 Å². The normalized spacial score (nSPS) is 10.6. The van der Waals surface area contributed by atoms with Crippen molar-refractivity contribution in [1.82, 2.24) is 9.55 Å². The number of nitrogens with one attached hydrogen (secondary N) is 1. The van der Waals surface area contributed by atoms with Crippen LogP contribution in [0.1, 0.15) is 18.9 Å². The third kappa shape index (κ3) is 4.23. The minimum atomic E-state index is 0.764. The Hall–Kier alpha value is -2.01. The van der Waals surface area contributed by atoms with Gasteiger partial charge in [-0.25, -0.2) is 4.98 Å². The highest BCUT2D eigenvalue weighted by Gasteiger charge is 2.05. The van der Waals surface area contributed by atoms with Gasteiger partial charge < -0.3 is 19.4 Å². The van der Waals surface area contributed by atoms with Crippen molar-refractivity contribution in [3.05, 3.63) is 36.2 Å². The van der Waals surface area contributed by atoms with E-state index < -0.39 is 0 Å². The monoisotopic (exact) mass is 289 g/mol. The van der Waals surface area contributed by atoms with Gasteiger partial charge in [0.15, 0.2) is 0 Å². The molecule has 21 heavy (non-hydrogen) atoms. The molecule has 0 unspecified atom stereocenters. The summed E-state index contributed by atoms with van der Waals surface area (Å²) in [5, 5.41) is 3.34. The molecule has 1 aromatic heterocycles. The standard InChI is InChI=1S/C16H23N3O2/c1-4-21-11-5-9-19-10-8-17-16(19)18-14-6-7-15(20-3)13(2)12-14/h6-8,10,12H,4-5,9,11H2,1-3H3,(H,17,18). The van der Waals surface area contributed by atoms with Crippen molar-refractivity contribution in [3.8, 4) is 5.75 Å². The Balaban J connectivity index is 1.99. The van der Waals surface area contributed by atoms with E-state index in [1.807, 2.05) is 32.2 Å². The molecule has 1 N–H and O–H groups in total. The molecule has 0 atom stereocenters. The molecular weight excluding hydrogens is 266 g/mol. The largest absolute Gasteiger partial charge is 0.496 e. The summed E-state index contributed by atoms with van der Waals surface area (Å²) in [4.78, 5) is 4.36. The molecule has 0 saturated carbocycles. The second-order valence-corrected chi connectivity index (χ2v) is 4.80. The quantitative estimate of drug-likeness (QED) is 0.757. The van der Waals surface area contributed by atoms with Crippen LogP contribution in [0.15, 0.2) is 30.6 Å². The second-order valence-electron chi connectivity index (χ2n) is 4.80. The average Bonchev–Trinajstić information content (AvgIpc) is 2.91. The summed E-state index contributed by atoms with van der Waals surface area (Å²) < 4.78 is 12.7. The fraction of sp³-hybridized carbons (Fsp3) is 0.438. The number of rotatable bonds is 8. The first kappa shape index (κ1) is 15.4. The van der Waals surface area contributed by atoms with E-state index >= 15 is 0 Å². The number of ether oxygens (including phenoxy) is 2. The average molecular weight is 289 g/mol. The zero-order valence-corrected chi connectivity index (χ0v) is 12.9. The van der Waals surface area contributed by atoms with Gasteiger partial charge in [-0.3, -0.25) is 0 Å². The SMILES string of the molecule is CCOCCCn1ccnc1Nc1ccc(OC)c(C)c1. The van der Waals surface area contributed by atoms with Gasteiger partial charge in [0.25, 0.3) is 0 Å². The van der Waals surface area contributed by atoms with Crippen molar-refractivity contribution in [2.24, 2.45) is 0 Å². The summed E-state index contributed by atoms with van der Waals surface area (Å²) >= 11 is 0. The number of hydrogen-bond donors (Lipinski definition) is 1. The van der Waals surface area contributed by atoms with E-state index in [1.54, 1.807) is 13.3 Å². The predicted octanol–water partition coefficient (Wildman–Crippen LogP) is 3.37. The van der Waals surface area contributed by atoms with Crippen LogP contribution in [0, 0.1) is 6.92 Å². The number of benzene rings is 1. The summed E-state index contributed by atoms with van der Waals surface area (Å²) in [5.74, 6) is 1.73. The van der Waals surface area contributed by atoms with Crippen LogP contribution in [0.2, 0.25) is 0 Å². The van der Waals surface area contributed by atoms with Crippen LogP contribution < -0.4 is 10.1 Å². The van der Waals surface area contributed by atoms with Gasteiger partial charge in [0.1, 0.15) is 5.75 Å². The van der Waals surface area contributed by atoms with E-state index in [9.17, 15) is 0 Å². The number of hydrogen-bond acceptors (Lipinski definition) is 4. The molecule has 5 nitrogen and oxygen atoms in total. The van der Waals surface area contributed by atoms with Crippen molar-refractivity contribution in [2.75, 3.05) is 25.6 Å². The number of methoxy groups -OCH3 is 1. The van der Waals surface area contributed by atoms with Crippen LogP contribution in [-0.4, -0.2) is 29.9 Å². The van der Waals surface area contributed by atoms with Crippen molar-refractivity contribution < 1.29 is 9.47 Å². The summed E-state index contributed by atoms with van der Waals surface area (Å²) in [7, 11) is 1.68. The van der Waals surface area contributed by atoms with E-state index in [0.29, 0.717) is 0 Å². The Morgan fingerprint density at radius 3 is 2.90 bits per heavy atom. The van der Waals surface area contributed by atoms with Gasteiger partial charge in [0.05, 0.1) is 7.11 Å². The third-order valence-corrected chi connectivity index (χ3v) is 3.26. The van der Waals surface area contributed by atoms with Crippen molar-refractivity contribution in [1.29, 1.82) is 0 Å². The fourth-order valence-corrected chi connectivity index (χ4v) is 2.18. The fourth-order valence-electron chi connectivity index (χ4n) is 2.18. The van der Waals surface area contributed by atoms with E-state index in [-0.39, 0.29) is 0 Å². The first-order chi connectivity index (χ1) is 10.2. The summed E-state index contributed by atoms with van der Waals surface area (Å²) in [5.41, 5.74) is 2.10. The number of anilines is 2. The molecule has 0 spiro atoms. The Labute approximate surface area is 125 Å². The summed E-state index contributed by atoms with van der Waals surface area (Å²) in [6.07, 6.45) is 4.75. The zero-order chi connectivity index (χ0) is 15.1. The zero-order valence-electron chi connectivity index (χ0n) is 12.9. The highest BCUT2D eigenvalue weighted by Crippen LogP contribution is 2.23. The first-order valence-electron chi connectivity index (χ1n) is 7.25. The Morgan fingerprint density at radius 1 is 1.33 bits per heavy atom. The van der Waals surface area contributed by atoms with Crippen molar-refractivity contribution >= 4 is 11.6 Å². The molecule has 1 aromatic carbocycles. The van der Waals surface area contributed by atoms with Crippen LogP contribution in [0.3, 0.4) is 0 Å². The molecule has 0 aliphatic carbocycles. The third-order valence-electron chi connectivity index (χ3n) is 3.26. The number of aromatic nitrogens is 2. The molecule has 0 aliphatic rings. The molecule has 1 heterocycles. The lowest BCUT2D eigenvalue weighted by atomic mass is 10.2. The smallest absolute Gasteiger partial charge is 0.207 e. The van der Waals surface area contributed by atoms with Gasteiger partial charge in [-0.15, -0.1) is 0 Å². The lowest BCUT2D eigenvalue weighted by Crippen LogP contribution is -2.06. The Morgan fingerprint density at radius 2 is 2.19 bits per heavy atom. The number of imidazole rings is 1. The van der Waals surface area contributed by atoms with Crippen LogP contribution in [0.25, 0.3) is 0 Å². The Bertz CT molecular complexity index is 566.